The zero-order valence-electron chi connectivity index (χ0n) is 14.8. The van der Waals surface area contributed by atoms with Gasteiger partial charge in [0.05, 0.1) is 16.1 Å². The normalized spacial score (nSPS) is 13.0. The zero-order chi connectivity index (χ0) is 20.5. The molecule has 0 atom stereocenters. The fraction of sp³-hybridized carbons (Fsp3) is 0.167. The second-order valence-electron chi connectivity index (χ2n) is 6.02. The first-order valence-corrected chi connectivity index (χ1v) is 9.89. The topological polar surface area (TPSA) is 84.3 Å². The van der Waals surface area contributed by atoms with Gasteiger partial charge in [-0.1, -0.05) is 24.3 Å². The predicted octanol–water partition coefficient (Wildman–Crippen LogP) is 3.89. The number of hydrogen-bond acceptors (Lipinski definition) is 6. The molecular formula is C18H15F3N4O2S. The summed E-state index contributed by atoms with van der Waals surface area (Å²) in [7, 11) is -3.32. The van der Waals surface area contributed by atoms with Crippen molar-refractivity contribution in [2.75, 3.05) is 11.7 Å². The lowest BCUT2D eigenvalue weighted by atomic mass is 10.1. The molecule has 0 bridgehead atoms. The maximum atomic E-state index is 13.1. The van der Waals surface area contributed by atoms with Crippen LogP contribution in [0.1, 0.15) is 18.3 Å². The van der Waals surface area contributed by atoms with Gasteiger partial charge in [0.2, 0.25) is 5.82 Å². The van der Waals surface area contributed by atoms with Crippen LogP contribution in [0, 0.1) is 0 Å². The minimum Gasteiger partial charge on any atom is -0.260 e. The van der Waals surface area contributed by atoms with Gasteiger partial charge in [-0.15, -0.1) is 0 Å². The predicted molar refractivity (Wildman–Crippen MR) is 99.9 cm³/mol. The fourth-order valence-electron chi connectivity index (χ4n) is 2.43. The van der Waals surface area contributed by atoms with Crippen LogP contribution in [-0.2, 0) is 16.0 Å². The van der Waals surface area contributed by atoms with Gasteiger partial charge in [-0.3, -0.25) is 5.43 Å². The van der Waals surface area contributed by atoms with Gasteiger partial charge < -0.3 is 0 Å². The number of benzene rings is 2. The third kappa shape index (κ3) is 4.28. The van der Waals surface area contributed by atoms with Crippen LogP contribution in [0.5, 0.6) is 0 Å². The molecule has 1 aromatic heterocycles. The van der Waals surface area contributed by atoms with Crippen molar-refractivity contribution in [3.05, 3.63) is 59.9 Å². The van der Waals surface area contributed by atoms with E-state index in [1.165, 1.54) is 18.2 Å². The molecule has 0 saturated heterocycles. The van der Waals surface area contributed by atoms with Crippen molar-refractivity contribution in [1.29, 1.82) is 0 Å². The Morgan fingerprint density at radius 1 is 1.04 bits per heavy atom. The van der Waals surface area contributed by atoms with E-state index in [1.54, 1.807) is 37.3 Å². The Bertz CT molecular complexity index is 1160. The minimum atomic E-state index is -4.69. The molecule has 0 radical (unpaired) electrons. The summed E-state index contributed by atoms with van der Waals surface area (Å²) < 4.78 is 62.2. The molecule has 10 heteroatoms. The number of nitrogens with one attached hydrogen (secondary N) is 1. The van der Waals surface area contributed by atoms with Crippen LogP contribution in [0.4, 0.5) is 19.0 Å². The van der Waals surface area contributed by atoms with Gasteiger partial charge in [0.25, 0.3) is 0 Å². The maximum absolute atomic E-state index is 13.1. The number of halogens is 3. The molecule has 0 unspecified atom stereocenters. The van der Waals surface area contributed by atoms with E-state index in [0.717, 1.165) is 6.26 Å². The van der Waals surface area contributed by atoms with E-state index >= 15 is 0 Å². The Labute approximate surface area is 159 Å². The van der Waals surface area contributed by atoms with Gasteiger partial charge in [0.1, 0.15) is 0 Å². The lowest BCUT2D eigenvalue weighted by Crippen LogP contribution is -2.13. The van der Waals surface area contributed by atoms with E-state index in [4.69, 9.17) is 0 Å². The Balaban J connectivity index is 1.96. The molecule has 146 valence electrons. The molecule has 0 fully saturated rings. The number of para-hydroxylation sites is 1. The van der Waals surface area contributed by atoms with Crippen molar-refractivity contribution in [2.24, 2.45) is 5.10 Å². The highest BCUT2D eigenvalue weighted by Crippen LogP contribution is 2.30. The van der Waals surface area contributed by atoms with Gasteiger partial charge >= 0.3 is 6.18 Å². The van der Waals surface area contributed by atoms with Crippen molar-refractivity contribution in [3.8, 4) is 0 Å². The molecule has 28 heavy (non-hydrogen) atoms. The average molecular weight is 408 g/mol. The molecule has 0 saturated carbocycles. The lowest BCUT2D eigenvalue weighted by molar-refractivity contribution is -0.144. The summed E-state index contributed by atoms with van der Waals surface area (Å²) in [5, 5.41) is 4.48. The molecule has 0 aliphatic carbocycles. The van der Waals surface area contributed by atoms with E-state index in [0.29, 0.717) is 16.7 Å². The third-order valence-electron chi connectivity index (χ3n) is 3.89. The maximum Gasteiger partial charge on any atom is 0.451 e. The molecule has 0 amide bonds. The highest BCUT2D eigenvalue weighted by molar-refractivity contribution is 7.90. The van der Waals surface area contributed by atoms with E-state index < -0.39 is 21.8 Å². The number of hydrazone groups is 1. The Kier molecular flexibility index (Phi) is 5.07. The summed E-state index contributed by atoms with van der Waals surface area (Å²) >= 11 is 0. The molecule has 2 aromatic carbocycles. The van der Waals surface area contributed by atoms with Gasteiger partial charge in [-0.05, 0) is 36.8 Å². The first kappa shape index (κ1) is 19.7. The molecule has 0 aliphatic heterocycles. The quantitative estimate of drug-likeness (QED) is 0.523. The Hall–Kier alpha value is -3.01. The molecular weight excluding hydrogens is 393 g/mol. The highest BCUT2D eigenvalue weighted by atomic mass is 32.2. The van der Waals surface area contributed by atoms with Crippen molar-refractivity contribution < 1.29 is 21.6 Å². The van der Waals surface area contributed by atoms with E-state index in [1.807, 2.05) is 0 Å². The number of fused-ring (bicyclic) bond motifs is 1. The highest BCUT2D eigenvalue weighted by Gasteiger charge is 2.35. The van der Waals surface area contributed by atoms with Gasteiger partial charge in [0, 0.05) is 11.6 Å². The average Bonchev–Trinajstić information content (AvgIpc) is 2.64. The van der Waals surface area contributed by atoms with Gasteiger partial charge in [-0.2, -0.15) is 18.3 Å². The molecule has 6 nitrogen and oxygen atoms in total. The summed E-state index contributed by atoms with van der Waals surface area (Å²) in [5.41, 5.74) is 3.75. The first-order chi connectivity index (χ1) is 13.1. The van der Waals surface area contributed by atoms with Crippen LogP contribution in [0.2, 0.25) is 0 Å². The standard InChI is InChI=1S/C18H15F3N4O2S/c1-11(12-7-9-13(10-8-12)28(2,26)27)24-25-16-14-5-3-4-6-15(14)22-17(23-16)18(19,20)21/h3-10H,1-2H3,(H,22,23,25)/b24-11-. The first-order valence-electron chi connectivity index (χ1n) is 8.00. The molecule has 0 spiro atoms. The van der Waals surface area contributed by atoms with E-state index in [-0.39, 0.29) is 16.2 Å². The smallest absolute Gasteiger partial charge is 0.260 e. The number of hydrogen-bond donors (Lipinski definition) is 1. The number of aromatic nitrogens is 2. The number of nitrogens with zero attached hydrogens (tertiary/aromatic N) is 3. The molecule has 0 aliphatic rings. The Morgan fingerprint density at radius 2 is 1.68 bits per heavy atom. The second-order valence-corrected chi connectivity index (χ2v) is 8.03. The van der Waals surface area contributed by atoms with Gasteiger partial charge in [0.15, 0.2) is 15.7 Å². The molecule has 1 N–H and O–H groups in total. The molecule has 3 aromatic rings. The lowest BCUT2D eigenvalue weighted by Gasteiger charge is -2.10. The van der Waals surface area contributed by atoms with Crippen molar-refractivity contribution >= 4 is 32.3 Å². The largest absolute Gasteiger partial charge is 0.451 e. The van der Waals surface area contributed by atoms with Crippen LogP contribution in [-0.4, -0.2) is 30.4 Å². The number of sulfone groups is 1. The van der Waals surface area contributed by atoms with Crippen LogP contribution in [0.15, 0.2) is 58.5 Å². The third-order valence-corrected chi connectivity index (χ3v) is 5.01. The second kappa shape index (κ2) is 7.19. The summed E-state index contributed by atoms with van der Waals surface area (Å²) in [5.74, 6) is -1.34. The van der Waals surface area contributed by atoms with Crippen molar-refractivity contribution in [3.63, 3.8) is 0 Å². The fourth-order valence-corrected chi connectivity index (χ4v) is 3.06. The van der Waals surface area contributed by atoms with Crippen molar-refractivity contribution in [2.45, 2.75) is 18.0 Å². The number of anilines is 1. The summed E-state index contributed by atoms with van der Waals surface area (Å²) in [6.07, 6.45) is -3.59. The van der Waals surface area contributed by atoms with Crippen LogP contribution in [0.3, 0.4) is 0 Å². The SMILES string of the molecule is C/C(=N/Nc1nc(C(F)(F)F)nc2ccccc12)c1ccc(S(C)(=O)=O)cc1. The van der Waals surface area contributed by atoms with Gasteiger partial charge in [-0.25, -0.2) is 18.4 Å². The number of alkyl halides is 3. The van der Waals surface area contributed by atoms with Crippen LogP contribution in [0.25, 0.3) is 10.9 Å². The zero-order valence-corrected chi connectivity index (χ0v) is 15.6. The minimum absolute atomic E-state index is 0.0787. The van der Waals surface area contributed by atoms with Crippen LogP contribution >= 0.6 is 0 Å². The summed E-state index contributed by atoms with van der Waals surface area (Å²) in [4.78, 5) is 7.25. The monoisotopic (exact) mass is 408 g/mol. The summed E-state index contributed by atoms with van der Waals surface area (Å²) in [6, 6.07) is 12.3. The van der Waals surface area contributed by atoms with E-state index in [2.05, 4.69) is 20.5 Å². The van der Waals surface area contributed by atoms with Crippen LogP contribution < -0.4 is 5.43 Å². The summed E-state index contributed by atoms with van der Waals surface area (Å²) in [6.45, 7) is 1.64. The molecule has 1 heterocycles. The van der Waals surface area contributed by atoms with E-state index in [9.17, 15) is 21.6 Å². The molecule has 3 rings (SSSR count). The van der Waals surface area contributed by atoms with Crippen molar-refractivity contribution in [1.82, 2.24) is 9.97 Å². The Morgan fingerprint density at radius 3 is 2.29 bits per heavy atom. The number of rotatable bonds is 4.